The van der Waals surface area contributed by atoms with Crippen molar-refractivity contribution in [2.75, 3.05) is 6.54 Å². The van der Waals surface area contributed by atoms with Crippen LogP contribution in [-0.2, 0) is 0 Å². The Morgan fingerprint density at radius 2 is 2.06 bits per heavy atom. The zero-order valence-corrected chi connectivity index (χ0v) is 9.61. The predicted octanol–water partition coefficient (Wildman–Crippen LogP) is 3.04. The van der Waals surface area contributed by atoms with Crippen LogP contribution in [0.2, 0.25) is 0 Å². The Hall–Kier alpha value is -2.10. The van der Waals surface area contributed by atoms with Gasteiger partial charge in [0, 0.05) is 37.0 Å². The smallest absolute Gasteiger partial charge is 0.269 e. The van der Waals surface area contributed by atoms with Crippen LogP contribution in [0.5, 0.6) is 0 Å². The summed E-state index contributed by atoms with van der Waals surface area (Å²) in [5.74, 6) is 0.123. The molecule has 0 fully saturated rings. The lowest BCUT2D eigenvalue weighted by Gasteiger charge is -2.20. The highest BCUT2D eigenvalue weighted by Crippen LogP contribution is 2.25. The van der Waals surface area contributed by atoms with E-state index in [0.29, 0.717) is 0 Å². The van der Waals surface area contributed by atoms with Crippen molar-refractivity contribution in [3.05, 3.63) is 64.5 Å². The van der Waals surface area contributed by atoms with Crippen LogP contribution in [0.25, 0.3) is 0 Å². The summed E-state index contributed by atoms with van der Waals surface area (Å²) >= 11 is 0. The standard InChI is InChI=1S/C13H14N2O2/c1-2-14-8-6-11(7-9-14)12-4-3-5-13(10-12)15(16)17/h3-11H,2H2,1H3. The molecule has 0 N–H and O–H groups in total. The number of rotatable bonds is 3. The summed E-state index contributed by atoms with van der Waals surface area (Å²) in [6.45, 7) is 3.00. The summed E-state index contributed by atoms with van der Waals surface area (Å²) in [5, 5.41) is 10.7. The highest BCUT2D eigenvalue weighted by molar-refractivity contribution is 5.40. The Balaban J connectivity index is 2.22. The number of hydrogen-bond acceptors (Lipinski definition) is 3. The van der Waals surface area contributed by atoms with Gasteiger partial charge < -0.3 is 4.90 Å². The van der Waals surface area contributed by atoms with Gasteiger partial charge in [-0.3, -0.25) is 10.1 Å². The number of non-ortho nitro benzene ring substituents is 1. The molecule has 0 radical (unpaired) electrons. The third-order valence-corrected chi connectivity index (χ3v) is 2.80. The lowest BCUT2D eigenvalue weighted by atomic mass is 9.97. The molecule has 4 nitrogen and oxygen atoms in total. The van der Waals surface area contributed by atoms with E-state index in [4.69, 9.17) is 0 Å². The number of allylic oxidation sites excluding steroid dienone is 2. The third-order valence-electron chi connectivity index (χ3n) is 2.80. The van der Waals surface area contributed by atoms with Crippen LogP contribution in [0.15, 0.2) is 48.8 Å². The van der Waals surface area contributed by atoms with Gasteiger partial charge in [-0.05, 0) is 12.5 Å². The zero-order chi connectivity index (χ0) is 12.3. The molecule has 4 heteroatoms. The number of hydrogen-bond donors (Lipinski definition) is 0. The molecule has 88 valence electrons. The van der Waals surface area contributed by atoms with Gasteiger partial charge in [-0.25, -0.2) is 0 Å². The molecule has 0 saturated carbocycles. The molecule has 1 aliphatic rings. The molecule has 17 heavy (non-hydrogen) atoms. The van der Waals surface area contributed by atoms with Crippen molar-refractivity contribution in [3.8, 4) is 0 Å². The van der Waals surface area contributed by atoms with E-state index in [1.807, 2.05) is 30.6 Å². The summed E-state index contributed by atoms with van der Waals surface area (Å²) < 4.78 is 0. The van der Waals surface area contributed by atoms with Gasteiger partial charge in [0.15, 0.2) is 0 Å². The van der Waals surface area contributed by atoms with Crippen molar-refractivity contribution in [2.45, 2.75) is 12.8 Å². The second-order valence-electron chi connectivity index (χ2n) is 3.89. The van der Waals surface area contributed by atoms with Crippen LogP contribution in [0.3, 0.4) is 0 Å². The van der Waals surface area contributed by atoms with Crippen LogP contribution in [0, 0.1) is 10.1 Å². The molecule has 0 aromatic heterocycles. The topological polar surface area (TPSA) is 46.4 Å². The molecule has 0 aliphatic carbocycles. The van der Waals surface area contributed by atoms with Gasteiger partial charge in [-0.2, -0.15) is 0 Å². The maximum Gasteiger partial charge on any atom is 0.269 e. The van der Waals surface area contributed by atoms with Gasteiger partial charge in [0.05, 0.1) is 4.92 Å². The molecule has 0 atom stereocenters. The first-order valence-corrected chi connectivity index (χ1v) is 5.57. The Labute approximate surface area is 100 Å². The largest absolute Gasteiger partial charge is 0.355 e. The highest BCUT2D eigenvalue weighted by atomic mass is 16.6. The maximum atomic E-state index is 10.7. The average Bonchev–Trinajstić information content (AvgIpc) is 2.39. The van der Waals surface area contributed by atoms with E-state index >= 15 is 0 Å². The van der Waals surface area contributed by atoms with Gasteiger partial charge >= 0.3 is 0 Å². The summed E-state index contributed by atoms with van der Waals surface area (Å²) in [6.07, 6.45) is 8.10. The Morgan fingerprint density at radius 1 is 1.35 bits per heavy atom. The lowest BCUT2D eigenvalue weighted by molar-refractivity contribution is -0.384. The van der Waals surface area contributed by atoms with Crippen LogP contribution < -0.4 is 0 Å². The first kappa shape index (κ1) is 11.4. The molecule has 1 aliphatic heterocycles. The lowest BCUT2D eigenvalue weighted by Crippen LogP contribution is -2.12. The minimum absolute atomic E-state index is 0.123. The van der Waals surface area contributed by atoms with E-state index in [9.17, 15) is 10.1 Å². The van der Waals surface area contributed by atoms with Crippen molar-refractivity contribution in [3.63, 3.8) is 0 Å². The molecular formula is C13H14N2O2. The number of nitro benzene ring substituents is 1. The van der Waals surface area contributed by atoms with Gasteiger partial charge in [-0.15, -0.1) is 0 Å². The number of benzene rings is 1. The van der Waals surface area contributed by atoms with E-state index in [1.54, 1.807) is 12.1 Å². The van der Waals surface area contributed by atoms with Gasteiger partial charge in [-0.1, -0.05) is 24.3 Å². The van der Waals surface area contributed by atoms with Crippen molar-refractivity contribution < 1.29 is 4.92 Å². The van der Waals surface area contributed by atoms with Crippen molar-refractivity contribution in [1.29, 1.82) is 0 Å². The van der Waals surface area contributed by atoms with Crippen LogP contribution >= 0.6 is 0 Å². The summed E-state index contributed by atoms with van der Waals surface area (Å²) in [6, 6.07) is 6.77. The molecule has 0 amide bonds. The highest BCUT2D eigenvalue weighted by Gasteiger charge is 2.12. The normalized spacial score (nSPS) is 15.2. The number of nitro groups is 1. The molecule has 0 bridgehead atoms. The minimum atomic E-state index is -0.363. The third kappa shape index (κ3) is 2.53. The maximum absolute atomic E-state index is 10.7. The molecule has 0 unspecified atom stereocenters. The Bertz CT molecular complexity index is 466. The molecular weight excluding hydrogens is 216 g/mol. The van der Waals surface area contributed by atoms with Crippen LogP contribution in [0.4, 0.5) is 5.69 Å². The van der Waals surface area contributed by atoms with Gasteiger partial charge in [0.25, 0.3) is 5.69 Å². The molecule has 0 spiro atoms. The first-order chi connectivity index (χ1) is 8.20. The van der Waals surface area contributed by atoms with E-state index in [1.165, 1.54) is 6.07 Å². The second-order valence-corrected chi connectivity index (χ2v) is 3.89. The molecule has 1 heterocycles. The summed E-state index contributed by atoms with van der Waals surface area (Å²) in [7, 11) is 0. The van der Waals surface area contributed by atoms with Crippen molar-refractivity contribution in [2.24, 2.45) is 0 Å². The van der Waals surface area contributed by atoms with Crippen LogP contribution in [-0.4, -0.2) is 16.4 Å². The molecule has 1 aromatic carbocycles. The fourth-order valence-corrected chi connectivity index (χ4v) is 1.80. The predicted molar refractivity (Wildman–Crippen MR) is 66.5 cm³/mol. The monoisotopic (exact) mass is 230 g/mol. The van der Waals surface area contributed by atoms with E-state index < -0.39 is 0 Å². The fraction of sp³-hybridized carbons (Fsp3) is 0.231. The Morgan fingerprint density at radius 3 is 2.65 bits per heavy atom. The van der Waals surface area contributed by atoms with E-state index in [2.05, 4.69) is 11.8 Å². The number of nitrogens with zero attached hydrogens (tertiary/aromatic N) is 2. The molecule has 0 saturated heterocycles. The van der Waals surface area contributed by atoms with Crippen molar-refractivity contribution in [1.82, 2.24) is 4.90 Å². The average molecular weight is 230 g/mol. The minimum Gasteiger partial charge on any atom is -0.355 e. The van der Waals surface area contributed by atoms with E-state index in [0.717, 1.165) is 12.1 Å². The van der Waals surface area contributed by atoms with Gasteiger partial charge in [0.1, 0.15) is 0 Å². The fourth-order valence-electron chi connectivity index (χ4n) is 1.80. The molecule has 1 aromatic rings. The quantitative estimate of drug-likeness (QED) is 0.592. The van der Waals surface area contributed by atoms with Crippen LogP contribution in [0.1, 0.15) is 18.4 Å². The zero-order valence-electron chi connectivity index (χ0n) is 9.61. The van der Waals surface area contributed by atoms with E-state index in [-0.39, 0.29) is 16.5 Å². The van der Waals surface area contributed by atoms with Gasteiger partial charge in [0.2, 0.25) is 0 Å². The Kier molecular flexibility index (Phi) is 3.23. The SMILES string of the molecule is CCN1C=CC(c2cccc([N+](=O)[O-])c2)C=C1. The van der Waals surface area contributed by atoms with Crippen molar-refractivity contribution >= 4 is 5.69 Å². The summed E-state index contributed by atoms with van der Waals surface area (Å²) in [4.78, 5) is 12.4. The first-order valence-electron chi connectivity index (χ1n) is 5.57. The second kappa shape index (κ2) is 4.82. The summed E-state index contributed by atoms with van der Waals surface area (Å²) in [5.41, 5.74) is 1.09. The molecule has 2 rings (SSSR count).